The molecule has 0 aromatic carbocycles. The molecule has 5 nitrogen and oxygen atoms in total. The predicted molar refractivity (Wildman–Crippen MR) is 74.7 cm³/mol. The van der Waals surface area contributed by atoms with E-state index >= 15 is 0 Å². The van der Waals surface area contributed by atoms with Crippen LogP contribution in [-0.4, -0.2) is 42.9 Å². The minimum absolute atomic E-state index is 0.247. The van der Waals surface area contributed by atoms with Gasteiger partial charge in [0.15, 0.2) is 0 Å². The van der Waals surface area contributed by atoms with E-state index in [9.17, 15) is 0 Å². The molecule has 1 fully saturated rings. The molecule has 1 aliphatic heterocycles. The van der Waals surface area contributed by atoms with Crippen LogP contribution in [0.4, 0.5) is 5.82 Å². The smallest absolute Gasteiger partial charge is 0.224 e. The van der Waals surface area contributed by atoms with Gasteiger partial charge in [0, 0.05) is 19.7 Å². The summed E-state index contributed by atoms with van der Waals surface area (Å²) in [6, 6.07) is 2.22. The second-order valence-corrected chi connectivity index (χ2v) is 5.55. The first-order valence-corrected chi connectivity index (χ1v) is 6.76. The Morgan fingerprint density at radius 2 is 2.21 bits per heavy atom. The molecule has 1 aromatic rings. The van der Waals surface area contributed by atoms with Gasteiger partial charge in [-0.15, -0.1) is 0 Å². The average molecular weight is 286 g/mol. The summed E-state index contributed by atoms with van der Waals surface area (Å²) in [5.41, 5.74) is 0.292. The number of methoxy groups -OCH3 is 1. The molecule has 1 saturated heterocycles. The minimum Gasteiger partial charge on any atom is -0.377 e. The summed E-state index contributed by atoms with van der Waals surface area (Å²) in [5.74, 6) is 0.830. The van der Waals surface area contributed by atoms with Crippen LogP contribution < -0.4 is 4.90 Å². The van der Waals surface area contributed by atoms with Crippen LogP contribution in [0.1, 0.15) is 26.5 Å². The normalized spacial score (nSPS) is 20.7. The Hall–Kier alpha value is -0.910. The SMILES string of the molecule is COC(C)(C)c1cc(N2CCOC[C@H]2C)nc(Cl)n1. The van der Waals surface area contributed by atoms with Crippen molar-refractivity contribution < 1.29 is 9.47 Å². The van der Waals surface area contributed by atoms with Crippen molar-refractivity contribution in [3.8, 4) is 0 Å². The van der Waals surface area contributed by atoms with Crippen molar-refractivity contribution in [1.29, 1.82) is 0 Å². The van der Waals surface area contributed by atoms with Gasteiger partial charge in [-0.05, 0) is 32.4 Å². The van der Waals surface area contributed by atoms with Gasteiger partial charge >= 0.3 is 0 Å². The monoisotopic (exact) mass is 285 g/mol. The van der Waals surface area contributed by atoms with E-state index in [-0.39, 0.29) is 11.3 Å². The highest BCUT2D eigenvalue weighted by atomic mass is 35.5. The average Bonchev–Trinajstić information content (AvgIpc) is 2.38. The van der Waals surface area contributed by atoms with E-state index in [1.807, 2.05) is 19.9 Å². The molecular formula is C13H20ClN3O2. The predicted octanol–water partition coefficient (Wildman–Crippen LogP) is 2.24. The van der Waals surface area contributed by atoms with Crippen molar-refractivity contribution in [2.45, 2.75) is 32.4 Å². The largest absolute Gasteiger partial charge is 0.377 e. The number of nitrogens with zero attached hydrogens (tertiary/aromatic N) is 3. The maximum Gasteiger partial charge on any atom is 0.224 e. The third-order valence-electron chi connectivity index (χ3n) is 3.47. The number of ether oxygens (including phenoxy) is 2. The maximum absolute atomic E-state index is 6.04. The van der Waals surface area contributed by atoms with E-state index in [4.69, 9.17) is 21.1 Å². The highest BCUT2D eigenvalue weighted by Crippen LogP contribution is 2.27. The van der Waals surface area contributed by atoms with Gasteiger partial charge in [-0.1, -0.05) is 0 Å². The lowest BCUT2D eigenvalue weighted by molar-refractivity contribution is 0.0154. The van der Waals surface area contributed by atoms with Gasteiger partial charge in [0.25, 0.3) is 0 Å². The molecule has 2 heterocycles. The number of halogens is 1. The Morgan fingerprint density at radius 3 is 2.84 bits per heavy atom. The van der Waals surface area contributed by atoms with Gasteiger partial charge in [0.05, 0.1) is 24.9 Å². The van der Waals surface area contributed by atoms with Crippen molar-refractivity contribution >= 4 is 17.4 Å². The molecule has 6 heteroatoms. The summed E-state index contributed by atoms with van der Waals surface area (Å²) in [4.78, 5) is 10.8. The molecule has 0 aliphatic carbocycles. The van der Waals surface area contributed by atoms with Crippen LogP contribution in [0, 0.1) is 0 Å². The zero-order valence-electron chi connectivity index (χ0n) is 11.8. The first-order chi connectivity index (χ1) is 8.94. The van der Waals surface area contributed by atoms with Crippen LogP contribution in [0.15, 0.2) is 6.07 Å². The summed E-state index contributed by atoms with van der Waals surface area (Å²) >= 11 is 6.04. The van der Waals surface area contributed by atoms with Gasteiger partial charge in [0.2, 0.25) is 5.28 Å². The second-order valence-electron chi connectivity index (χ2n) is 5.21. The Balaban J connectivity index is 2.36. The highest BCUT2D eigenvalue weighted by molar-refractivity contribution is 6.28. The number of hydrogen-bond acceptors (Lipinski definition) is 5. The number of anilines is 1. The Bertz CT molecular complexity index is 454. The van der Waals surface area contributed by atoms with Crippen LogP contribution in [0.25, 0.3) is 0 Å². The fourth-order valence-electron chi connectivity index (χ4n) is 2.03. The van der Waals surface area contributed by atoms with Gasteiger partial charge in [-0.25, -0.2) is 9.97 Å². The molecule has 106 valence electrons. The maximum atomic E-state index is 6.04. The van der Waals surface area contributed by atoms with Crippen molar-refractivity contribution in [3.63, 3.8) is 0 Å². The molecule has 0 N–H and O–H groups in total. The van der Waals surface area contributed by atoms with E-state index in [0.717, 1.165) is 18.1 Å². The number of aromatic nitrogens is 2. The minimum atomic E-state index is -0.489. The van der Waals surface area contributed by atoms with Crippen LogP contribution in [0.5, 0.6) is 0 Å². The molecule has 0 unspecified atom stereocenters. The van der Waals surface area contributed by atoms with Crippen LogP contribution in [0.3, 0.4) is 0 Å². The van der Waals surface area contributed by atoms with Crippen molar-refractivity contribution in [2.75, 3.05) is 31.8 Å². The first-order valence-electron chi connectivity index (χ1n) is 6.38. The van der Waals surface area contributed by atoms with Crippen molar-refractivity contribution in [1.82, 2.24) is 9.97 Å². The summed E-state index contributed by atoms with van der Waals surface area (Å²) in [5, 5.41) is 0.247. The van der Waals surface area contributed by atoms with Crippen LogP contribution >= 0.6 is 11.6 Å². The molecular weight excluding hydrogens is 266 g/mol. The third kappa shape index (κ3) is 3.16. The zero-order chi connectivity index (χ0) is 14.0. The topological polar surface area (TPSA) is 47.5 Å². The quantitative estimate of drug-likeness (QED) is 0.797. The number of morpholine rings is 1. The lowest BCUT2D eigenvalue weighted by Crippen LogP contribution is -2.44. The second kappa shape index (κ2) is 5.61. The Morgan fingerprint density at radius 1 is 1.47 bits per heavy atom. The molecule has 2 rings (SSSR count). The van der Waals surface area contributed by atoms with E-state index < -0.39 is 5.60 Å². The van der Waals surface area contributed by atoms with Crippen LogP contribution in [-0.2, 0) is 15.1 Å². The van der Waals surface area contributed by atoms with Gasteiger partial charge in [-0.2, -0.15) is 0 Å². The fourth-order valence-corrected chi connectivity index (χ4v) is 2.21. The van der Waals surface area contributed by atoms with E-state index in [1.54, 1.807) is 7.11 Å². The number of hydrogen-bond donors (Lipinski definition) is 0. The molecule has 0 radical (unpaired) electrons. The Kier molecular flexibility index (Phi) is 4.28. The molecule has 0 saturated carbocycles. The Labute approximate surface area is 118 Å². The molecule has 19 heavy (non-hydrogen) atoms. The summed E-state index contributed by atoms with van der Waals surface area (Å²) in [6.07, 6.45) is 0. The summed E-state index contributed by atoms with van der Waals surface area (Å²) in [6.45, 7) is 8.23. The first kappa shape index (κ1) is 14.5. The van der Waals surface area contributed by atoms with Gasteiger partial charge < -0.3 is 14.4 Å². The molecule has 1 atom stereocenters. The van der Waals surface area contributed by atoms with Crippen molar-refractivity contribution in [2.24, 2.45) is 0 Å². The summed E-state index contributed by atoms with van der Waals surface area (Å²) < 4.78 is 10.9. The van der Waals surface area contributed by atoms with Gasteiger partial charge in [0.1, 0.15) is 11.4 Å². The van der Waals surface area contributed by atoms with Crippen LogP contribution in [0.2, 0.25) is 5.28 Å². The molecule has 0 bridgehead atoms. The molecule has 1 aromatic heterocycles. The lowest BCUT2D eigenvalue weighted by atomic mass is 10.0. The van der Waals surface area contributed by atoms with E-state index in [1.165, 1.54) is 0 Å². The third-order valence-corrected chi connectivity index (χ3v) is 3.64. The fraction of sp³-hybridized carbons (Fsp3) is 0.692. The van der Waals surface area contributed by atoms with Gasteiger partial charge in [-0.3, -0.25) is 0 Å². The van der Waals surface area contributed by atoms with E-state index in [0.29, 0.717) is 13.2 Å². The van der Waals surface area contributed by atoms with E-state index in [2.05, 4.69) is 21.8 Å². The molecule has 0 amide bonds. The standard InChI is InChI=1S/C13H20ClN3O2/c1-9-8-19-6-5-17(9)11-7-10(13(2,3)18-4)15-12(14)16-11/h7,9H,5-6,8H2,1-4H3/t9-/m1/s1. The number of rotatable bonds is 3. The highest BCUT2D eigenvalue weighted by Gasteiger charge is 2.26. The molecule has 0 spiro atoms. The van der Waals surface area contributed by atoms with Crippen molar-refractivity contribution in [3.05, 3.63) is 17.0 Å². The zero-order valence-corrected chi connectivity index (χ0v) is 12.6. The molecule has 1 aliphatic rings. The summed E-state index contributed by atoms with van der Waals surface area (Å²) in [7, 11) is 1.66. The lowest BCUT2D eigenvalue weighted by Gasteiger charge is -2.35.